The van der Waals surface area contributed by atoms with Crippen molar-refractivity contribution in [3.05, 3.63) is 30.4 Å². The molecule has 0 amide bonds. The minimum Gasteiger partial charge on any atom is -0.466 e. The van der Waals surface area contributed by atoms with Crippen LogP contribution in [0.15, 0.2) is 24.5 Å². The quantitative estimate of drug-likeness (QED) is 0.228. The fraction of sp³-hybridized carbons (Fsp3) is 0.500. The van der Waals surface area contributed by atoms with Crippen LogP contribution in [-0.2, 0) is 23.4 Å². The third-order valence-corrected chi connectivity index (χ3v) is 5.94. The first-order valence-electron chi connectivity index (χ1n) is 9.54. The average molecular weight is 491 g/mol. The van der Waals surface area contributed by atoms with E-state index in [-0.39, 0.29) is 28.7 Å². The fourth-order valence-electron chi connectivity index (χ4n) is 3.06. The number of hydrogen-bond donors (Lipinski definition) is 3. The van der Waals surface area contributed by atoms with Crippen LogP contribution in [0.5, 0.6) is 0 Å². The Labute approximate surface area is 188 Å². The summed E-state index contributed by atoms with van der Waals surface area (Å²) in [6, 6.07) is -0.903. The summed E-state index contributed by atoms with van der Waals surface area (Å²) in [6.45, 7) is 6.30. The summed E-state index contributed by atoms with van der Waals surface area (Å²) in [7, 11) is -2.56. The summed E-state index contributed by atoms with van der Waals surface area (Å²) in [4.78, 5) is 18.1. The van der Waals surface area contributed by atoms with E-state index in [2.05, 4.69) is 15.1 Å². The summed E-state index contributed by atoms with van der Waals surface area (Å²) in [6.07, 6.45) is 0.321. The lowest BCUT2D eigenvalue weighted by molar-refractivity contribution is -0.148. The number of halogens is 2. The first kappa shape index (κ1) is 24.1. The van der Waals surface area contributed by atoms with Crippen LogP contribution in [-0.4, -0.2) is 48.7 Å². The molecule has 3 heterocycles. The minimum atomic E-state index is -2.56. The Kier molecular flexibility index (Phi) is 6.89. The number of hydrogen-bond acceptors (Lipinski definition) is 9. The Morgan fingerprint density at radius 1 is 1.50 bits per heavy atom. The summed E-state index contributed by atoms with van der Waals surface area (Å²) >= 11 is 6.51. The lowest BCUT2D eigenvalue weighted by Gasteiger charge is -2.25. The summed E-state index contributed by atoms with van der Waals surface area (Å²) < 4.78 is 43.6. The zero-order valence-corrected chi connectivity index (χ0v) is 19.3. The lowest BCUT2D eigenvalue weighted by atomic mass is 10.0. The Bertz CT molecular complexity index is 1080. The highest BCUT2D eigenvalue weighted by atomic mass is 35.5. The van der Waals surface area contributed by atoms with Crippen molar-refractivity contribution in [2.45, 2.75) is 57.0 Å². The summed E-state index contributed by atoms with van der Waals surface area (Å²) in [5, 5.41) is 13.0. The van der Waals surface area contributed by atoms with Gasteiger partial charge >= 0.3 is 14.1 Å². The van der Waals surface area contributed by atoms with Crippen molar-refractivity contribution in [2.24, 2.45) is 0 Å². The topological polar surface area (TPSA) is 151 Å². The molecule has 2 aromatic heterocycles. The highest BCUT2D eigenvalue weighted by Gasteiger charge is 2.52. The van der Waals surface area contributed by atoms with Gasteiger partial charge in [0.1, 0.15) is 29.2 Å². The van der Waals surface area contributed by atoms with Gasteiger partial charge in [0.05, 0.1) is 11.5 Å². The molecule has 174 valence electrons. The zero-order chi connectivity index (χ0) is 23.8. The number of ether oxygens (including phenoxy) is 2. The molecule has 0 aromatic carbocycles. The fourth-order valence-corrected chi connectivity index (χ4v) is 4.00. The number of alkyl halides is 1. The molecule has 1 aliphatic heterocycles. The molecular weight excluding hydrogens is 468 g/mol. The molecule has 0 saturated carbocycles. The normalized spacial score (nSPS) is 25.8. The van der Waals surface area contributed by atoms with Crippen molar-refractivity contribution >= 4 is 42.6 Å². The van der Waals surface area contributed by atoms with E-state index in [1.165, 1.54) is 18.4 Å². The highest BCUT2D eigenvalue weighted by Crippen LogP contribution is 2.46. The maximum absolute atomic E-state index is 14.4. The van der Waals surface area contributed by atoms with Crippen LogP contribution in [0, 0.1) is 5.82 Å². The molecule has 1 aliphatic rings. The molecule has 3 rings (SSSR count). The third-order valence-electron chi connectivity index (χ3n) is 4.65. The van der Waals surface area contributed by atoms with Crippen LogP contribution in [0.3, 0.4) is 0 Å². The van der Waals surface area contributed by atoms with Gasteiger partial charge in [0, 0.05) is 10.8 Å². The molecule has 4 N–H and O–H groups in total. The van der Waals surface area contributed by atoms with Gasteiger partial charge in [-0.25, -0.2) is 18.9 Å². The molecule has 1 saturated heterocycles. The van der Waals surface area contributed by atoms with Crippen LogP contribution < -0.4 is 10.8 Å². The standard InChI is InChI=1S/C18H23ClFN5O6P/c1-8(2)30-16(27)9(3)24-32(28)29-6-11-13(26)18(4,19)17(31-11)25-5-10(20)12-14(21)22-7-23-15(12)25/h5-9,13,17,26H,1-4H3,(H,24,28)(H2,21,22,23)/q+1. The molecule has 14 heteroatoms. The molecule has 2 aromatic rings. The number of aromatic nitrogens is 3. The smallest absolute Gasteiger partial charge is 0.466 e. The first-order valence-corrected chi connectivity index (χ1v) is 11.1. The number of aliphatic hydroxyl groups is 1. The van der Waals surface area contributed by atoms with Gasteiger partial charge in [-0.15, -0.1) is 11.6 Å². The highest BCUT2D eigenvalue weighted by molar-refractivity contribution is 7.36. The van der Waals surface area contributed by atoms with E-state index in [0.717, 1.165) is 18.8 Å². The molecule has 0 bridgehead atoms. The predicted octanol–water partition coefficient (Wildman–Crippen LogP) is 2.48. The number of nitrogen functional groups attached to an aromatic ring is 1. The van der Waals surface area contributed by atoms with Gasteiger partial charge < -0.3 is 20.3 Å². The second-order valence-electron chi connectivity index (χ2n) is 7.58. The van der Waals surface area contributed by atoms with E-state index in [9.17, 15) is 18.9 Å². The van der Waals surface area contributed by atoms with E-state index in [0.29, 0.717) is 0 Å². The van der Waals surface area contributed by atoms with Crippen LogP contribution in [0.1, 0.15) is 33.9 Å². The Balaban J connectivity index is 1.77. The number of carbonyl (C=O) groups excluding carboxylic acids is 1. The van der Waals surface area contributed by atoms with Crippen molar-refractivity contribution in [1.82, 2.24) is 19.6 Å². The van der Waals surface area contributed by atoms with Crippen molar-refractivity contribution < 1.29 is 32.9 Å². The number of anilines is 1. The number of esters is 1. The van der Waals surface area contributed by atoms with Gasteiger partial charge in [-0.1, -0.05) is 5.09 Å². The summed E-state index contributed by atoms with van der Waals surface area (Å²) in [5.41, 5.74) is 5.85. The second-order valence-corrected chi connectivity index (χ2v) is 9.38. The van der Waals surface area contributed by atoms with Crippen LogP contribution in [0.25, 0.3) is 11.0 Å². The van der Waals surface area contributed by atoms with Gasteiger partial charge in [0.25, 0.3) is 0 Å². The third kappa shape index (κ3) is 4.63. The van der Waals surface area contributed by atoms with Crippen LogP contribution in [0.4, 0.5) is 10.2 Å². The molecule has 5 atom stereocenters. The number of aliphatic hydroxyl groups excluding tert-OH is 1. The summed E-state index contributed by atoms with van der Waals surface area (Å²) in [5.74, 6) is -1.51. The van der Waals surface area contributed by atoms with Gasteiger partial charge in [0.2, 0.25) is 0 Å². The Morgan fingerprint density at radius 3 is 2.84 bits per heavy atom. The van der Waals surface area contributed by atoms with Crippen molar-refractivity contribution in [2.75, 3.05) is 5.73 Å². The van der Waals surface area contributed by atoms with Gasteiger partial charge in [-0.05, 0) is 27.7 Å². The van der Waals surface area contributed by atoms with Crippen molar-refractivity contribution in [3.8, 4) is 0 Å². The monoisotopic (exact) mass is 490 g/mol. The Morgan fingerprint density at radius 2 is 2.19 bits per heavy atom. The van der Waals surface area contributed by atoms with E-state index in [1.54, 1.807) is 13.8 Å². The molecule has 1 fully saturated rings. The van der Waals surface area contributed by atoms with E-state index in [4.69, 9.17) is 31.3 Å². The molecule has 5 unspecified atom stereocenters. The number of nitrogens with zero attached hydrogens (tertiary/aromatic N) is 3. The maximum Gasteiger partial charge on any atom is 0.664 e. The van der Waals surface area contributed by atoms with E-state index in [1.807, 2.05) is 0 Å². The molecule has 11 nitrogen and oxygen atoms in total. The van der Waals surface area contributed by atoms with Gasteiger partial charge in [-0.2, -0.15) is 0 Å². The lowest BCUT2D eigenvalue weighted by Crippen LogP contribution is -2.35. The van der Waals surface area contributed by atoms with E-state index < -0.39 is 43.2 Å². The molecular formula is C18H23ClFN5O6P+. The zero-order valence-electron chi connectivity index (χ0n) is 17.7. The van der Waals surface area contributed by atoms with Crippen LogP contribution >= 0.6 is 19.8 Å². The van der Waals surface area contributed by atoms with Gasteiger partial charge in [0.15, 0.2) is 29.7 Å². The minimum absolute atomic E-state index is 0.0127. The van der Waals surface area contributed by atoms with Crippen LogP contribution in [0.2, 0.25) is 0 Å². The SMILES string of the molecule is CC(C)OC(=O)C(C)N[P+](=O)OC=C1OC(n2cc(F)c3c(N)ncnc32)C(C)(Cl)C1O. The number of carbonyl (C=O) groups is 1. The van der Waals surface area contributed by atoms with Crippen molar-refractivity contribution in [3.63, 3.8) is 0 Å². The molecule has 32 heavy (non-hydrogen) atoms. The van der Waals surface area contributed by atoms with E-state index >= 15 is 0 Å². The van der Waals surface area contributed by atoms with Gasteiger partial charge in [-0.3, -0.25) is 9.36 Å². The predicted molar refractivity (Wildman–Crippen MR) is 113 cm³/mol. The Hall–Kier alpha value is -2.53. The molecule has 0 radical (unpaired) electrons. The number of nitrogens with one attached hydrogen (secondary N) is 1. The van der Waals surface area contributed by atoms with Crippen molar-refractivity contribution in [1.29, 1.82) is 0 Å². The first-order chi connectivity index (χ1) is 14.9. The number of fused-ring (bicyclic) bond motifs is 1. The largest absolute Gasteiger partial charge is 0.664 e. The second kappa shape index (κ2) is 9.14. The number of nitrogens with two attached hydrogens (primary N) is 1. The number of rotatable bonds is 7. The molecule has 0 spiro atoms. The maximum atomic E-state index is 14.4. The average Bonchev–Trinajstić information content (AvgIpc) is 3.14. The molecule has 0 aliphatic carbocycles.